The van der Waals surface area contributed by atoms with Gasteiger partial charge in [0.05, 0.1) is 10.5 Å². The quantitative estimate of drug-likeness (QED) is 0.933. The molecule has 1 fully saturated rings. The number of nitrogens with one attached hydrogen (secondary N) is 1. The highest BCUT2D eigenvalue weighted by Gasteiger charge is 2.20. The van der Waals surface area contributed by atoms with Crippen LogP contribution in [0.2, 0.25) is 0 Å². The summed E-state index contributed by atoms with van der Waals surface area (Å²) in [6.07, 6.45) is 9.04. The lowest BCUT2D eigenvalue weighted by Gasteiger charge is -2.21. The number of amides is 1. The first-order valence-electron chi connectivity index (χ1n) is 7.58. The van der Waals surface area contributed by atoms with Crippen molar-refractivity contribution in [2.45, 2.75) is 55.9 Å². The van der Waals surface area contributed by atoms with Crippen molar-refractivity contribution < 1.29 is 13.2 Å². The van der Waals surface area contributed by atoms with Crippen LogP contribution in [0.3, 0.4) is 0 Å². The van der Waals surface area contributed by atoms with Gasteiger partial charge in [0.1, 0.15) is 0 Å². The Balaban J connectivity index is 2.13. The van der Waals surface area contributed by atoms with E-state index in [-0.39, 0.29) is 22.4 Å². The maximum Gasteiger partial charge on any atom is 0.252 e. The maximum absolute atomic E-state index is 12.4. The minimum atomic E-state index is -3.39. The molecule has 116 valence electrons. The lowest BCUT2D eigenvalue weighted by atomic mass is 9.96. The van der Waals surface area contributed by atoms with Crippen LogP contribution >= 0.6 is 0 Å². The summed E-state index contributed by atoms with van der Waals surface area (Å²) in [5.74, 6) is -0.276. The van der Waals surface area contributed by atoms with E-state index in [9.17, 15) is 13.2 Å². The van der Waals surface area contributed by atoms with Gasteiger partial charge in [0.2, 0.25) is 0 Å². The van der Waals surface area contributed by atoms with Crippen molar-refractivity contribution in [3.63, 3.8) is 0 Å². The largest absolute Gasteiger partial charge is 0.349 e. The van der Waals surface area contributed by atoms with Gasteiger partial charge in [-0.3, -0.25) is 4.79 Å². The predicted molar refractivity (Wildman–Crippen MR) is 83.1 cm³/mol. The monoisotopic (exact) mass is 309 g/mol. The summed E-state index contributed by atoms with van der Waals surface area (Å²) >= 11 is 0. The zero-order valence-corrected chi connectivity index (χ0v) is 13.3. The first-order valence-corrected chi connectivity index (χ1v) is 9.47. The maximum atomic E-state index is 12.4. The van der Waals surface area contributed by atoms with Gasteiger partial charge in [-0.2, -0.15) is 0 Å². The van der Waals surface area contributed by atoms with E-state index < -0.39 is 9.84 Å². The van der Waals surface area contributed by atoms with Gasteiger partial charge in [0.25, 0.3) is 5.91 Å². The number of carbonyl (C=O) groups is 1. The Labute approximate surface area is 126 Å². The molecule has 0 unspecified atom stereocenters. The molecule has 5 heteroatoms. The van der Waals surface area contributed by atoms with E-state index in [1.54, 1.807) is 18.2 Å². The van der Waals surface area contributed by atoms with Crippen LogP contribution in [0.25, 0.3) is 0 Å². The van der Waals surface area contributed by atoms with E-state index in [0.29, 0.717) is 0 Å². The highest BCUT2D eigenvalue weighted by atomic mass is 32.2. The first-order chi connectivity index (χ1) is 9.98. The second kappa shape index (κ2) is 7.07. The number of rotatable bonds is 3. The molecule has 1 aromatic rings. The minimum absolute atomic E-state index is 0.105. The average molecular weight is 309 g/mol. The number of hydrogen-bond donors (Lipinski definition) is 1. The normalized spacial score (nSPS) is 17.8. The summed E-state index contributed by atoms with van der Waals surface area (Å²) in [6, 6.07) is 6.56. The predicted octanol–water partition coefficient (Wildman–Crippen LogP) is 2.93. The fraction of sp³-hybridized carbons (Fsp3) is 0.562. The third-order valence-corrected chi connectivity index (χ3v) is 5.13. The lowest BCUT2D eigenvalue weighted by molar-refractivity contribution is 0.0927. The highest BCUT2D eigenvalue weighted by molar-refractivity contribution is 7.90. The molecule has 2 rings (SSSR count). The van der Waals surface area contributed by atoms with Gasteiger partial charge in [-0.25, -0.2) is 8.42 Å². The molecule has 1 aliphatic rings. The molecule has 0 bridgehead atoms. The van der Waals surface area contributed by atoms with Crippen molar-refractivity contribution in [3.05, 3.63) is 29.8 Å². The molecule has 0 spiro atoms. The summed E-state index contributed by atoms with van der Waals surface area (Å²) in [6.45, 7) is 0. The Morgan fingerprint density at radius 3 is 2.24 bits per heavy atom. The van der Waals surface area contributed by atoms with Gasteiger partial charge in [0.15, 0.2) is 9.84 Å². The molecular formula is C16H23NO3S. The fourth-order valence-electron chi connectivity index (χ4n) is 2.84. The number of hydrogen-bond acceptors (Lipinski definition) is 3. The number of benzene rings is 1. The van der Waals surface area contributed by atoms with Crippen LogP contribution < -0.4 is 5.32 Å². The van der Waals surface area contributed by atoms with Crippen LogP contribution in [0.4, 0.5) is 0 Å². The topological polar surface area (TPSA) is 63.2 Å². The van der Waals surface area contributed by atoms with Crippen molar-refractivity contribution in [3.8, 4) is 0 Å². The van der Waals surface area contributed by atoms with Crippen LogP contribution in [0, 0.1) is 0 Å². The molecule has 0 aliphatic heterocycles. The average Bonchev–Trinajstić information content (AvgIpc) is 2.40. The molecular weight excluding hydrogens is 286 g/mol. The molecule has 1 N–H and O–H groups in total. The number of sulfone groups is 1. The van der Waals surface area contributed by atoms with Gasteiger partial charge in [-0.05, 0) is 25.0 Å². The minimum Gasteiger partial charge on any atom is -0.349 e. The second-order valence-corrected chi connectivity index (χ2v) is 7.77. The molecule has 4 nitrogen and oxygen atoms in total. The van der Waals surface area contributed by atoms with Crippen molar-refractivity contribution >= 4 is 15.7 Å². The van der Waals surface area contributed by atoms with Gasteiger partial charge in [-0.1, -0.05) is 44.2 Å². The molecule has 0 heterocycles. The third-order valence-electron chi connectivity index (χ3n) is 3.97. The van der Waals surface area contributed by atoms with E-state index in [4.69, 9.17) is 0 Å². The molecule has 0 radical (unpaired) electrons. The molecule has 1 amide bonds. The SMILES string of the molecule is CS(=O)(=O)c1ccccc1C(=O)NC1CCCCCCC1. The summed E-state index contributed by atoms with van der Waals surface area (Å²) in [4.78, 5) is 12.5. The third kappa shape index (κ3) is 4.56. The summed E-state index contributed by atoms with van der Waals surface area (Å²) < 4.78 is 23.5. The Kier molecular flexibility index (Phi) is 5.39. The Bertz CT molecular complexity index is 587. The molecule has 21 heavy (non-hydrogen) atoms. The van der Waals surface area contributed by atoms with E-state index in [1.807, 2.05) is 0 Å². The zero-order chi connectivity index (χ0) is 15.3. The second-order valence-electron chi connectivity index (χ2n) is 5.78. The molecule has 1 aromatic carbocycles. The van der Waals surface area contributed by atoms with Gasteiger partial charge < -0.3 is 5.32 Å². The van der Waals surface area contributed by atoms with Crippen LogP contribution in [-0.2, 0) is 9.84 Å². The highest BCUT2D eigenvalue weighted by Crippen LogP contribution is 2.19. The van der Waals surface area contributed by atoms with E-state index >= 15 is 0 Å². The zero-order valence-electron chi connectivity index (χ0n) is 12.5. The van der Waals surface area contributed by atoms with Gasteiger partial charge in [-0.15, -0.1) is 0 Å². The van der Waals surface area contributed by atoms with Crippen LogP contribution in [-0.4, -0.2) is 26.6 Å². The van der Waals surface area contributed by atoms with Crippen molar-refractivity contribution in [2.24, 2.45) is 0 Å². The smallest absolute Gasteiger partial charge is 0.252 e. The van der Waals surface area contributed by atoms with Gasteiger partial charge in [0, 0.05) is 12.3 Å². The Hall–Kier alpha value is -1.36. The number of carbonyl (C=O) groups excluding carboxylic acids is 1. The molecule has 0 aromatic heterocycles. The molecule has 0 saturated heterocycles. The standard InChI is InChI=1S/C16H23NO3S/c1-21(19,20)15-12-8-7-11-14(15)16(18)17-13-9-5-3-2-4-6-10-13/h7-8,11-13H,2-6,9-10H2,1H3,(H,17,18). The lowest BCUT2D eigenvalue weighted by Crippen LogP contribution is -2.35. The Morgan fingerprint density at radius 2 is 1.62 bits per heavy atom. The van der Waals surface area contributed by atoms with Crippen molar-refractivity contribution in [1.29, 1.82) is 0 Å². The molecule has 1 aliphatic carbocycles. The first kappa shape index (κ1) is 16.0. The fourth-order valence-corrected chi connectivity index (χ4v) is 3.73. The van der Waals surface area contributed by atoms with Crippen LogP contribution in [0.1, 0.15) is 55.3 Å². The van der Waals surface area contributed by atoms with Crippen molar-refractivity contribution in [1.82, 2.24) is 5.32 Å². The summed E-state index contributed by atoms with van der Waals surface area (Å²) in [5, 5.41) is 3.01. The molecule has 1 saturated carbocycles. The summed E-state index contributed by atoms with van der Waals surface area (Å²) in [5.41, 5.74) is 0.252. The van der Waals surface area contributed by atoms with Gasteiger partial charge >= 0.3 is 0 Å². The van der Waals surface area contributed by atoms with E-state index in [0.717, 1.165) is 31.9 Å². The summed E-state index contributed by atoms with van der Waals surface area (Å²) in [7, 11) is -3.39. The van der Waals surface area contributed by atoms with E-state index in [2.05, 4.69) is 5.32 Å². The van der Waals surface area contributed by atoms with Crippen molar-refractivity contribution in [2.75, 3.05) is 6.26 Å². The van der Waals surface area contributed by atoms with Crippen LogP contribution in [0.15, 0.2) is 29.2 Å². The van der Waals surface area contributed by atoms with E-state index in [1.165, 1.54) is 25.3 Å². The Morgan fingerprint density at radius 1 is 1.05 bits per heavy atom. The molecule has 0 atom stereocenters. The van der Waals surface area contributed by atoms with Crippen LogP contribution in [0.5, 0.6) is 0 Å².